The molecule has 0 spiro atoms. The Balaban J connectivity index is 2.05. The van der Waals surface area contributed by atoms with Crippen LogP contribution in [0.15, 0.2) is 18.2 Å². The minimum atomic E-state index is -5.67. The number of aryl methyl sites for hydroxylation is 3. The van der Waals surface area contributed by atoms with E-state index in [4.69, 9.17) is 0 Å². The van der Waals surface area contributed by atoms with Crippen LogP contribution in [0.25, 0.3) is 10.4 Å². The molecule has 0 aliphatic heterocycles. The monoisotopic (exact) mass is 363 g/mol. The number of rotatable bonds is 2. The molecule has 0 atom stereocenters. The van der Waals surface area contributed by atoms with E-state index in [9.17, 15) is 21.6 Å². The average Bonchev–Trinajstić information content (AvgIpc) is 2.71. The number of benzene rings is 1. The second-order valence-corrected chi connectivity index (χ2v) is 7.91. The van der Waals surface area contributed by atoms with Crippen molar-refractivity contribution in [2.75, 3.05) is 0 Å². The molecule has 1 aliphatic rings. The highest BCUT2D eigenvalue weighted by atomic mass is 32.2. The van der Waals surface area contributed by atoms with Crippen molar-refractivity contribution >= 4 is 21.5 Å². The van der Waals surface area contributed by atoms with Crippen LogP contribution in [0.2, 0.25) is 0 Å². The van der Waals surface area contributed by atoms with E-state index in [1.54, 1.807) is 6.07 Å². The molecule has 124 valence electrons. The smallest absolute Gasteiger partial charge is 0.376 e. The first-order chi connectivity index (χ1) is 10.7. The van der Waals surface area contributed by atoms with E-state index < -0.39 is 15.6 Å². The first kappa shape index (κ1) is 16.3. The molecule has 0 radical (unpaired) electrons. The summed E-state index contributed by atoms with van der Waals surface area (Å²) >= 11 is 1.44. The lowest BCUT2D eigenvalue weighted by molar-refractivity contribution is -0.0500. The van der Waals surface area contributed by atoms with Gasteiger partial charge in [-0.2, -0.15) is 21.6 Å². The molecule has 0 saturated heterocycles. The third-order valence-corrected chi connectivity index (χ3v) is 5.50. The van der Waals surface area contributed by atoms with Gasteiger partial charge in [-0.15, -0.1) is 11.3 Å². The van der Waals surface area contributed by atoms with Crippen LogP contribution in [-0.2, 0) is 23.0 Å². The Morgan fingerprint density at radius 1 is 1.26 bits per heavy atom. The van der Waals surface area contributed by atoms with Gasteiger partial charge in [-0.25, -0.2) is 4.98 Å². The van der Waals surface area contributed by atoms with Gasteiger partial charge in [0.1, 0.15) is 5.75 Å². The molecule has 0 fully saturated rings. The maximum Gasteiger partial charge on any atom is 0.534 e. The molecule has 0 bridgehead atoms. The van der Waals surface area contributed by atoms with Crippen molar-refractivity contribution in [1.29, 1.82) is 0 Å². The maximum atomic E-state index is 12.4. The van der Waals surface area contributed by atoms with Crippen LogP contribution in [0.5, 0.6) is 5.75 Å². The third kappa shape index (κ3) is 3.07. The Hall–Kier alpha value is -1.61. The summed E-state index contributed by atoms with van der Waals surface area (Å²) < 4.78 is 63.9. The summed E-state index contributed by atoms with van der Waals surface area (Å²) in [4.78, 5) is 5.30. The maximum absolute atomic E-state index is 12.4. The molecule has 0 amide bonds. The summed E-state index contributed by atoms with van der Waals surface area (Å²) in [6, 6.07) is 4.21. The number of aromatic nitrogens is 1. The molecule has 23 heavy (non-hydrogen) atoms. The van der Waals surface area contributed by atoms with E-state index in [1.165, 1.54) is 23.5 Å². The lowest BCUT2D eigenvalue weighted by atomic mass is 10.0. The van der Waals surface area contributed by atoms with Crippen LogP contribution < -0.4 is 4.18 Å². The Morgan fingerprint density at radius 3 is 2.70 bits per heavy atom. The summed E-state index contributed by atoms with van der Waals surface area (Å²) in [7, 11) is -5.67. The first-order valence-electron chi connectivity index (χ1n) is 6.78. The van der Waals surface area contributed by atoms with Gasteiger partial charge in [0.05, 0.1) is 15.6 Å². The number of nitrogens with zero attached hydrogens (tertiary/aromatic N) is 1. The van der Waals surface area contributed by atoms with Gasteiger partial charge < -0.3 is 4.18 Å². The fourth-order valence-corrected chi connectivity index (χ4v) is 3.98. The molecular formula is C14H12F3NO3S2. The van der Waals surface area contributed by atoms with Gasteiger partial charge in [-0.3, -0.25) is 0 Å². The Morgan fingerprint density at radius 2 is 2.00 bits per heavy atom. The van der Waals surface area contributed by atoms with E-state index in [0.717, 1.165) is 40.4 Å². The van der Waals surface area contributed by atoms with Crippen LogP contribution in [-0.4, -0.2) is 18.9 Å². The largest absolute Gasteiger partial charge is 0.534 e. The van der Waals surface area contributed by atoms with Gasteiger partial charge in [0, 0.05) is 5.56 Å². The summed E-state index contributed by atoms with van der Waals surface area (Å²) in [5.41, 5.74) is -2.92. The standard InChI is InChI=1S/C14H12F3NO3S2/c1-8-18-12-4-2-3-9-5-6-10(7-11(9)13(12)22-8)21-23(19,20)14(15,16)17/h5-7H,2-4H2,1H3. The summed E-state index contributed by atoms with van der Waals surface area (Å²) in [5, 5.41) is 0.858. The normalized spacial score (nSPS) is 14.8. The molecule has 1 aromatic carbocycles. The number of thiazole rings is 1. The van der Waals surface area contributed by atoms with Crippen LogP contribution in [0.1, 0.15) is 22.7 Å². The van der Waals surface area contributed by atoms with Crippen LogP contribution in [0, 0.1) is 6.92 Å². The van der Waals surface area contributed by atoms with Crippen LogP contribution in [0.3, 0.4) is 0 Å². The lowest BCUT2D eigenvalue weighted by Gasteiger charge is -2.12. The molecule has 9 heteroatoms. The number of fused-ring (bicyclic) bond motifs is 3. The van der Waals surface area contributed by atoms with Crippen molar-refractivity contribution in [2.24, 2.45) is 0 Å². The van der Waals surface area contributed by atoms with Crippen molar-refractivity contribution < 1.29 is 25.8 Å². The highest BCUT2D eigenvalue weighted by molar-refractivity contribution is 7.88. The molecule has 2 aromatic rings. The number of hydrogen-bond donors (Lipinski definition) is 0. The van der Waals surface area contributed by atoms with Gasteiger partial charge in [0.15, 0.2) is 0 Å². The summed E-state index contributed by atoms with van der Waals surface area (Å²) in [6.07, 6.45) is 2.42. The third-order valence-electron chi connectivity index (χ3n) is 3.48. The fourth-order valence-electron chi connectivity index (χ4n) is 2.51. The predicted molar refractivity (Wildman–Crippen MR) is 79.9 cm³/mol. The van der Waals surface area contributed by atoms with E-state index >= 15 is 0 Å². The lowest BCUT2D eigenvalue weighted by Crippen LogP contribution is -2.28. The zero-order chi connectivity index (χ0) is 16.8. The number of halogens is 3. The first-order valence-corrected chi connectivity index (χ1v) is 9.00. The highest BCUT2D eigenvalue weighted by Crippen LogP contribution is 2.39. The minimum Gasteiger partial charge on any atom is -0.376 e. The molecule has 0 N–H and O–H groups in total. The Bertz CT molecular complexity index is 857. The molecule has 1 heterocycles. The van der Waals surface area contributed by atoms with Gasteiger partial charge in [-0.1, -0.05) is 6.07 Å². The fraction of sp³-hybridized carbons (Fsp3) is 0.357. The zero-order valence-electron chi connectivity index (χ0n) is 12.0. The highest BCUT2D eigenvalue weighted by Gasteiger charge is 2.48. The average molecular weight is 363 g/mol. The Kier molecular flexibility index (Phi) is 3.88. The predicted octanol–water partition coefficient (Wildman–Crippen LogP) is 3.84. The topological polar surface area (TPSA) is 56.3 Å². The van der Waals surface area contributed by atoms with E-state index in [-0.39, 0.29) is 5.75 Å². The molecule has 1 aliphatic carbocycles. The van der Waals surface area contributed by atoms with Gasteiger partial charge in [0.25, 0.3) is 0 Å². The number of hydrogen-bond acceptors (Lipinski definition) is 5. The molecule has 0 unspecified atom stereocenters. The Labute approximate surface area is 135 Å². The van der Waals surface area contributed by atoms with Gasteiger partial charge in [-0.05, 0) is 43.9 Å². The van der Waals surface area contributed by atoms with Crippen LogP contribution in [0.4, 0.5) is 13.2 Å². The van der Waals surface area contributed by atoms with Crippen molar-refractivity contribution in [3.63, 3.8) is 0 Å². The van der Waals surface area contributed by atoms with E-state index in [0.29, 0.717) is 5.56 Å². The van der Waals surface area contributed by atoms with Gasteiger partial charge >= 0.3 is 15.6 Å². The second-order valence-electron chi connectivity index (χ2n) is 5.16. The van der Waals surface area contributed by atoms with Gasteiger partial charge in [0.2, 0.25) is 0 Å². The van der Waals surface area contributed by atoms with Crippen molar-refractivity contribution in [3.8, 4) is 16.2 Å². The summed E-state index contributed by atoms with van der Waals surface area (Å²) in [6.45, 7) is 1.85. The van der Waals surface area contributed by atoms with E-state index in [2.05, 4.69) is 9.17 Å². The van der Waals surface area contributed by atoms with Crippen molar-refractivity contribution in [2.45, 2.75) is 31.7 Å². The number of alkyl halides is 3. The summed E-state index contributed by atoms with van der Waals surface area (Å²) in [5.74, 6) is -0.347. The van der Waals surface area contributed by atoms with Crippen molar-refractivity contribution in [3.05, 3.63) is 34.5 Å². The molecule has 0 saturated carbocycles. The minimum absolute atomic E-state index is 0.347. The van der Waals surface area contributed by atoms with Crippen molar-refractivity contribution in [1.82, 2.24) is 4.98 Å². The zero-order valence-corrected chi connectivity index (χ0v) is 13.6. The molecule has 3 rings (SSSR count). The SMILES string of the molecule is Cc1nc2c(s1)-c1cc(OS(=O)(=O)C(F)(F)F)ccc1CCC2. The van der Waals surface area contributed by atoms with E-state index in [1.807, 2.05) is 6.92 Å². The second kappa shape index (κ2) is 5.48. The molecule has 1 aromatic heterocycles. The molecule has 4 nitrogen and oxygen atoms in total. The quantitative estimate of drug-likeness (QED) is 0.601. The van der Waals surface area contributed by atoms with Crippen LogP contribution >= 0.6 is 11.3 Å². The molecular weight excluding hydrogens is 351 g/mol.